The molecule has 0 N–H and O–H groups in total. The van der Waals surface area contributed by atoms with E-state index in [2.05, 4.69) is 205 Å². The predicted octanol–water partition coefficient (Wildman–Crippen LogP) is 14.8. The Hall–Kier alpha value is -6.48. The highest BCUT2D eigenvalue weighted by Crippen LogP contribution is 2.50. The maximum Gasteiger partial charge on any atom is 0.0468 e. The molecule has 0 aliphatic heterocycles. The summed E-state index contributed by atoms with van der Waals surface area (Å²) in [5, 5.41) is 7.67. The summed E-state index contributed by atoms with van der Waals surface area (Å²) in [5.74, 6) is 0. The lowest BCUT2D eigenvalue weighted by molar-refractivity contribution is 1.29. The van der Waals surface area contributed by atoms with Crippen molar-refractivity contribution in [2.45, 2.75) is 0 Å². The molecule has 0 aliphatic carbocycles. The Bertz CT molecular complexity index is 2870. The fourth-order valence-corrected chi connectivity index (χ4v) is 9.06. The highest BCUT2D eigenvalue weighted by molar-refractivity contribution is 7.26. The maximum absolute atomic E-state index is 2.37. The minimum atomic E-state index is 1.11. The molecule has 0 amide bonds. The summed E-state index contributed by atoms with van der Waals surface area (Å²) in [7, 11) is 0. The molecular formula is C50H33NS. The van der Waals surface area contributed by atoms with Gasteiger partial charge in [-0.1, -0.05) is 158 Å². The van der Waals surface area contributed by atoms with Gasteiger partial charge in [-0.2, -0.15) is 0 Å². The first-order chi connectivity index (χ1) is 25.8. The lowest BCUT2D eigenvalue weighted by atomic mass is 9.86. The van der Waals surface area contributed by atoms with Crippen LogP contribution in [0.25, 0.3) is 75.1 Å². The quantitative estimate of drug-likeness (QED) is 0.169. The third kappa shape index (κ3) is 5.16. The molecule has 0 fully saturated rings. The van der Waals surface area contributed by atoms with Crippen molar-refractivity contribution in [3.8, 4) is 33.4 Å². The first-order valence-electron chi connectivity index (χ1n) is 17.8. The molecule has 1 heterocycles. The zero-order chi connectivity index (χ0) is 34.4. The Morgan fingerprint density at radius 2 is 0.827 bits per heavy atom. The van der Waals surface area contributed by atoms with Gasteiger partial charge in [-0.15, -0.1) is 11.3 Å². The van der Waals surface area contributed by atoms with Crippen molar-refractivity contribution >= 4 is 70.1 Å². The minimum Gasteiger partial charge on any atom is -0.310 e. The molecule has 244 valence electrons. The van der Waals surface area contributed by atoms with E-state index < -0.39 is 0 Å². The van der Waals surface area contributed by atoms with Crippen molar-refractivity contribution in [3.63, 3.8) is 0 Å². The zero-order valence-electron chi connectivity index (χ0n) is 28.4. The standard InChI is InChI=1S/C50H33NS/c1-3-13-34(14-4-1)36-23-28-40(29-24-36)51(42-32-25-35-15-7-8-18-39(35)33-42)41-30-26-38(27-31-41)48-47(37-16-5-2-6-17-37)43-19-9-10-20-44(43)50-49(48)45-21-11-12-22-46(45)52-50/h1-33H. The second-order valence-corrected chi connectivity index (χ2v) is 14.3. The van der Waals surface area contributed by atoms with Gasteiger partial charge in [0.2, 0.25) is 0 Å². The first-order valence-corrected chi connectivity index (χ1v) is 18.6. The van der Waals surface area contributed by atoms with Crippen molar-refractivity contribution in [2.75, 3.05) is 4.90 Å². The van der Waals surface area contributed by atoms with Gasteiger partial charge in [-0.05, 0) is 92.0 Å². The highest BCUT2D eigenvalue weighted by Gasteiger charge is 2.22. The topological polar surface area (TPSA) is 3.24 Å². The summed E-state index contributed by atoms with van der Waals surface area (Å²) in [6.45, 7) is 0. The second-order valence-electron chi connectivity index (χ2n) is 13.3. The Balaban J connectivity index is 1.18. The summed E-state index contributed by atoms with van der Waals surface area (Å²) in [4.78, 5) is 2.37. The van der Waals surface area contributed by atoms with Crippen LogP contribution in [0.15, 0.2) is 200 Å². The molecule has 10 rings (SSSR count). The van der Waals surface area contributed by atoms with Crippen molar-refractivity contribution in [1.29, 1.82) is 0 Å². The third-order valence-electron chi connectivity index (χ3n) is 10.2. The molecule has 9 aromatic carbocycles. The molecule has 0 aliphatic rings. The Labute approximate surface area is 307 Å². The largest absolute Gasteiger partial charge is 0.310 e. The second kappa shape index (κ2) is 12.7. The summed E-state index contributed by atoms with van der Waals surface area (Å²) in [6.07, 6.45) is 0. The normalized spacial score (nSPS) is 11.5. The molecule has 0 unspecified atom stereocenters. The van der Waals surface area contributed by atoms with Gasteiger partial charge < -0.3 is 4.90 Å². The van der Waals surface area contributed by atoms with Crippen LogP contribution in [-0.4, -0.2) is 0 Å². The van der Waals surface area contributed by atoms with Crippen molar-refractivity contribution < 1.29 is 0 Å². The van der Waals surface area contributed by atoms with Gasteiger partial charge in [-0.3, -0.25) is 0 Å². The Morgan fingerprint density at radius 1 is 0.327 bits per heavy atom. The molecular weight excluding hydrogens is 647 g/mol. The van der Waals surface area contributed by atoms with Crippen molar-refractivity contribution in [2.24, 2.45) is 0 Å². The van der Waals surface area contributed by atoms with Crippen LogP contribution in [0.2, 0.25) is 0 Å². The van der Waals surface area contributed by atoms with Crippen LogP contribution in [0.3, 0.4) is 0 Å². The molecule has 2 heteroatoms. The number of benzene rings is 9. The van der Waals surface area contributed by atoms with Gasteiger partial charge in [0.25, 0.3) is 0 Å². The minimum absolute atomic E-state index is 1.11. The van der Waals surface area contributed by atoms with Crippen molar-refractivity contribution in [3.05, 3.63) is 200 Å². The number of nitrogens with zero attached hydrogens (tertiary/aromatic N) is 1. The highest BCUT2D eigenvalue weighted by atomic mass is 32.1. The molecule has 10 aromatic rings. The molecule has 0 saturated carbocycles. The van der Waals surface area contributed by atoms with E-state index in [0.29, 0.717) is 0 Å². The molecule has 1 aromatic heterocycles. The van der Waals surface area contributed by atoms with Crippen LogP contribution >= 0.6 is 11.3 Å². The van der Waals surface area contributed by atoms with Gasteiger partial charge >= 0.3 is 0 Å². The van der Waals surface area contributed by atoms with E-state index in [1.165, 1.54) is 75.1 Å². The van der Waals surface area contributed by atoms with Crippen LogP contribution < -0.4 is 4.90 Å². The number of fused-ring (bicyclic) bond motifs is 6. The number of anilines is 3. The van der Waals surface area contributed by atoms with E-state index in [9.17, 15) is 0 Å². The molecule has 1 nitrogen and oxygen atoms in total. The molecule has 0 spiro atoms. The zero-order valence-corrected chi connectivity index (χ0v) is 29.2. The fourth-order valence-electron chi connectivity index (χ4n) is 7.81. The lowest BCUT2D eigenvalue weighted by Gasteiger charge is -2.26. The SMILES string of the molecule is c1ccc(-c2ccc(N(c3ccc(-c4c(-c5ccccc5)c5ccccc5c5sc6ccccc6c45)cc3)c3ccc4ccccc4c3)cc2)cc1. The Kier molecular flexibility index (Phi) is 7.41. The molecule has 0 radical (unpaired) electrons. The molecule has 0 saturated heterocycles. The predicted molar refractivity (Wildman–Crippen MR) is 225 cm³/mol. The third-order valence-corrected chi connectivity index (χ3v) is 11.4. The Morgan fingerprint density at radius 3 is 1.54 bits per heavy atom. The summed E-state index contributed by atoms with van der Waals surface area (Å²) < 4.78 is 2.65. The van der Waals surface area contributed by atoms with E-state index in [-0.39, 0.29) is 0 Å². The lowest BCUT2D eigenvalue weighted by Crippen LogP contribution is -2.09. The van der Waals surface area contributed by atoms with E-state index in [0.717, 1.165) is 17.1 Å². The van der Waals surface area contributed by atoms with Crippen LogP contribution in [0.4, 0.5) is 17.1 Å². The summed E-state index contributed by atoms with van der Waals surface area (Å²) in [6, 6.07) is 72.8. The van der Waals surface area contributed by atoms with Crippen LogP contribution in [0.1, 0.15) is 0 Å². The van der Waals surface area contributed by atoms with E-state index >= 15 is 0 Å². The van der Waals surface area contributed by atoms with Crippen molar-refractivity contribution in [1.82, 2.24) is 0 Å². The molecule has 0 bridgehead atoms. The number of thiophene rings is 1. The molecule has 0 atom stereocenters. The van der Waals surface area contributed by atoms with Gasteiger partial charge in [0.15, 0.2) is 0 Å². The van der Waals surface area contributed by atoms with E-state index in [1.807, 2.05) is 11.3 Å². The number of hydrogen-bond acceptors (Lipinski definition) is 2. The van der Waals surface area contributed by atoms with Gasteiger partial charge in [0.05, 0.1) is 0 Å². The van der Waals surface area contributed by atoms with Gasteiger partial charge in [0, 0.05) is 42.6 Å². The monoisotopic (exact) mass is 679 g/mol. The average molecular weight is 680 g/mol. The molecule has 52 heavy (non-hydrogen) atoms. The van der Waals surface area contributed by atoms with E-state index in [4.69, 9.17) is 0 Å². The van der Waals surface area contributed by atoms with Crippen LogP contribution in [-0.2, 0) is 0 Å². The van der Waals surface area contributed by atoms with Crippen LogP contribution in [0.5, 0.6) is 0 Å². The maximum atomic E-state index is 2.37. The fraction of sp³-hybridized carbons (Fsp3) is 0. The number of rotatable bonds is 6. The smallest absolute Gasteiger partial charge is 0.0468 e. The summed E-state index contributed by atoms with van der Waals surface area (Å²) >= 11 is 1.90. The van der Waals surface area contributed by atoms with Crippen LogP contribution in [0, 0.1) is 0 Å². The van der Waals surface area contributed by atoms with Gasteiger partial charge in [-0.25, -0.2) is 0 Å². The average Bonchev–Trinajstić information content (AvgIpc) is 3.61. The van der Waals surface area contributed by atoms with E-state index in [1.54, 1.807) is 0 Å². The first kappa shape index (κ1) is 30.4. The number of hydrogen-bond donors (Lipinski definition) is 0. The summed E-state index contributed by atoms with van der Waals surface area (Å²) in [5.41, 5.74) is 10.8. The van der Waals surface area contributed by atoms with Gasteiger partial charge in [0.1, 0.15) is 0 Å².